The standard InChI is InChI=1S/C20H22N4O3S/c1-27-19-5-3-2-4-15(19)13-21-20-11-6-14-12-17(9-10-18(14)22-20)24-28(25,26)23-16-7-8-16/h2-6,9-12,16,23-24H,7-8,13H2,1H3,(H,21,22). The van der Waals surface area contributed by atoms with E-state index in [0.29, 0.717) is 12.2 Å². The van der Waals surface area contributed by atoms with E-state index in [2.05, 4.69) is 19.7 Å². The second-order valence-corrected chi connectivity index (χ2v) is 8.21. The molecule has 0 saturated heterocycles. The Balaban J connectivity index is 1.47. The van der Waals surface area contributed by atoms with Crippen molar-refractivity contribution in [1.29, 1.82) is 0 Å². The molecular formula is C20H22N4O3S. The van der Waals surface area contributed by atoms with Crippen molar-refractivity contribution in [3.63, 3.8) is 0 Å². The van der Waals surface area contributed by atoms with Gasteiger partial charge in [0, 0.05) is 23.5 Å². The quantitative estimate of drug-likeness (QED) is 0.542. The molecule has 2 aromatic carbocycles. The summed E-state index contributed by atoms with van der Waals surface area (Å²) in [7, 11) is -1.89. The van der Waals surface area contributed by atoms with E-state index in [0.717, 1.165) is 40.9 Å². The third-order valence-corrected chi connectivity index (χ3v) is 5.64. The number of nitrogens with zero attached hydrogens (tertiary/aromatic N) is 1. The van der Waals surface area contributed by atoms with Gasteiger partial charge in [-0.25, -0.2) is 4.98 Å². The molecule has 1 saturated carbocycles. The van der Waals surface area contributed by atoms with Crippen LogP contribution < -0.4 is 19.5 Å². The van der Waals surface area contributed by atoms with Crippen molar-refractivity contribution >= 4 is 32.6 Å². The number of fused-ring (bicyclic) bond motifs is 1. The Labute approximate surface area is 164 Å². The van der Waals surface area contributed by atoms with Gasteiger partial charge in [0.1, 0.15) is 11.6 Å². The Morgan fingerprint density at radius 3 is 2.71 bits per heavy atom. The fraction of sp³-hybridized carbons (Fsp3) is 0.250. The lowest BCUT2D eigenvalue weighted by molar-refractivity contribution is 0.410. The van der Waals surface area contributed by atoms with Crippen LogP contribution in [0.1, 0.15) is 18.4 Å². The molecule has 0 bridgehead atoms. The fourth-order valence-electron chi connectivity index (χ4n) is 2.93. The maximum Gasteiger partial charge on any atom is 0.299 e. The molecule has 0 amide bonds. The van der Waals surface area contributed by atoms with Gasteiger partial charge in [0.15, 0.2) is 0 Å². The Morgan fingerprint density at radius 2 is 1.93 bits per heavy atom. The van der Waals surface area contributed by atoms with Crippen molar-refractivity contribution in [2.75, 3.05) is 17.1 Å². The van der Waals surface area contributed by atoms with Gasteiger partial charge >= 0.3 is 0 Å². The van der Waals surface area contributed by atoms with Crippen LogP contribution in [0.2, 0.25) is 0 Å². The van der Waals surface area contributed by atoms with Crippen LogP contribution >= 0.6 is 0 Å². The van der Waals surface area contributed by atoms with Gasteiger partial charge in [-0.15, -0.1) is 0 Å². The molecule has 1 heterocycles. The molecule has 4 rings (SSSR count). The molecular weight excluding hydrogens is 376 g/mol. The summed E-state index contributed by atoms with van der Waals surface area (Å²) in [5.74, 6) is 1.56. The molecule has 1 fully saturated rings. The lowest BCUT2D eigenvalue weighted by Crippen LogP contribution is -2.31. The Kier molecular flexibility index (Phi) is 5.06. The molecule has 146 valence electrons. The summed E-state index contributed by atoms with van der Waals surface area (Å²) in [5, 5.41) is 4.15. The van der Waals surface area contributed by atoms with Gasteiger partial charge in [0.05, 0.1) is 18.3 Å². The van der Waals surface area contributed by atoms with Crippen LogP contribution in [0.5, 0.6) is 5.75 Å². The first-order chi connectivity index (χ1) is 13.5. The van der Waals surface area contributed by atoms with Gasteiger partial charge in [-0.2, -0.15) is 13.1 Å². The zero-order chi connectivity index (χ0) is 19.6. The maximum absolute atomic E-state index is 12.1. The number of hydrogen-bond acceptors (Lipinski definition) is 5. The first-order valence-electron chi connectivity index (χ1n) is 9.09. The summed E-state index contributed by atoms with van der Waals surface area (Å²) in [6, 6.07) is 17.0. The average Bonchev–Trinajstić information content (AvgIpc) is 3.49. The number of ether oxygens (including phenoxy) is 1. The van der Waals surface area contributed by atoms with Gasteiger partial charge in [0.2, 0.25) is 0 Å². The summed E-state index contributed by atoms with van der Waals surface area (Å²) in [6.07, 6.45) is 1.79. The third kappa shape index (κ3) is 4.52. The maximum atomic E-state index is 12.1. The van der Waals surface area contributed by atoms with E-state index >= 15 is 0 Å². The van der Waals surface area contributed by atoms with Gasteiger partial charge in [-0.1, -0.05) is 18.2 Å². The minimum atomic E-state index is -3.54. The molecule has 7 nitrogen and oxygen atoms in total. The van der Waals surface area contributed by atoms with Crippen LogP contribution in [0.15, 0.2) is 54.6 Å². The van der Waals surface area contributed by atoms with E-state index < -0.39 is 10.2 Å². The fourth-order valence-corrected chi connectivity index (χ4v) is 4.10. The van der Waals surface area contributed by atoms with Crippen molar-refractivity contribution in [3.05, 3.63) is 60.2 Å². The van der Waals surface area contributed by atoms with Crippen molar-refractivity contribution < 1.29 is 13.2 Å². The van der Waals surface area contributed by atoms with Crippen LogP contribution in [-0.4, -0.2) is 26.6 Å². The third-order valence-electron chi connectivity index (χ3n) is 4.49. The summed E-state index contributed by atoms with van der Waals surface area (Å²) in [6.45, 7) is 0.591. The predicted molar refractivity (Wildman–Crippen MR) is 111 cm³/mol. The van der Waals surface area contributed by atoms with Crippen LogP contribution in [0.4, 0.5) is 11.5 Å². The van der Waals surface area contributed by atoms with Crippen molar-refractivity contribution in [1.82, 2.24) is 9.71 Å². The van der Waals surface area contributed by atoms with Gasteiger partial charge in [-0.05, 0) is 49.2 Å². The molecule has 1 aliphatic rings. The normalized spacial score (nSPS) is 14.0. The lowest BCUT2D eigenvalue weighted by Gasteiger charge is -2.11. The SMILES string of the molecule is COc1ccccc1CNc1ccc2cc(NS(=O)(=O)NC3CC3)ccc2n1. The van der Waals surface area contributed by atoms with E-state index in [-0.39, 0.29) is 6.04 Å². The molecule has 1 aromatic heterocycles. The van der Waals surface area contributed by atoms with Crippen molar-refractivity contribution in [3.8, 4) is 5.75 Å². The topological polar surface area (TPSA) is 92.4 Å². The van der Waals surface area contributed by atoms with Gasteiger partial charge < -0.3 is 10.1 Å². The Bertz CT molecular complexity index is 1100. The number of pyridine rings is 1. The highest BCUT2D eigenvalue weighted by Crippen LogP contribution is 2.23. The van der Waals surface area contributed by atoms with Crippen molar-refractivity contribution in [2.45, 2.75) is 25.4 Å². The molecule has 0 atom stereocenters. The summed E-state index contributed by atoms with van der Waals surface area (Å²) < 4.78 is 34.6. The predicted octanol–water partition coefficient (Wildman–Crippen LogP) is 3.26. The largest absolute Gasteiger partial charge is 0.496 e. The molecule has 0 radical (unpaired) electrons. The number of anilines is 2. The highest BCUT2D eigenvalue weighted by atomic mass is 32.2. The summed E-state index contributed by atoms with van der Waals surface area (Å²) in [4.78, 5) is 4.60. The lowest BCUT2D eigenvalue weighted by atomic mass is 10.2. The number of nitrogens with one attached hydrogen (secondary N) is 3. The molecule has 0 unspecified atom stereocenters. The molecule has 8 heteroatoms. The zero-order valence-corrected chi connectivity index (χ0v) is 16.3. The van der Waals surface area contributed by atoms with E-state index in [4.69, 9.17) is 4.74 Å². The zero-order valence-electron chi connectivity index (χ0n) is 15.5. The number of rotatable bonds is 8. The number of hydrogen-bond donors (Lipinski definition) is 3. The molecule has 3 N–H and O–H groups in total. The summed E-state index contributed by atoms with van der Waals surface area (Å²) in [5.41, 5.74) is 2.33. The van der Waals surface area contributed by atoms with Crippen LogP contribution in [0.3, 0.4) is 0 Å². The molecule has 0 aliphatic heterocycles. The minimum absolute atomic E-state index is 0.0662. The number of aromatic nitrogens is 1. The van der Waals surface area contributed by atoms with E-state index in [1.165, 1.54) is 0 Å². The molecule has 28 heavy (non-hydrogen) atoms. The smallest absolute Gasteiger partial charge is 0.299 e. The van der Waals surface area contributed by atoms with Crippen LogP contribution in [0.25, 0.3) is 10.9 Å². The number of para-hydroxylation sites is 1. The second kappa shape index (κ2) is 7.65. The highest BCUT2D eigenvalue weighted by Gasteiger charge is 2.26. The molecule has 0 spiro atoms. The monoisotopic (exact) mass is 398 g/mol. The highest BCUT2D eigenvalue weighted by molar-refractivity contribution is 7.90. The second-order valence-electron chi connectivity index (χ2n) is 6.77. The average molecular weight is 398 g/mol. The van der Waals surface area contributed by atoms with Crippen LogP contribution in [0, 0.1) is 0 Å². The van der Waals surface area contributed by atoms with Crippen LogP contribution in [-0.2, 0) is 16.8 Å². The first-order valence-corrected chi connectivity index (χ1v) is 10.6. The molecule has 1 aliphatic carbocycles. The van der Waals surface area contributed by atoms with Gasteiger partial charge in [-0.3, -0.25) is 4.72 Å². The van der Waals surface area contributed by atoms with E-state index in [1.54, 1.807) is 25.3 Å². The van der Waals surface area contributed by atoms with E-state index in [9.17, 15) is 8.42 Å². The Morgan fingerprint density at radius 1 is 1.11 bits per heavy atom. The Hall–Kier alpha value is -2.84. The molecule has 3 aromatic rings. The number of methoxy groups -OCH3 is 1. The minimum Gasteiger partial charge on any atom is -0.496 e. The van der Waals surface area contributed by atoms with Gasteiger partial charge in [0.25, 0.3) is 10.2 Å². The van der Waals surface area contributed by atoms with Crippen molar-refractivity contribution in [2.24, 2.45) is 0 Å². The number of benzene rings is 2. The first kappa shape index (κ1) is 18.5. The summed E-state index contributed by atoms with van der Waals surface area (Å²) >= 11 is 0. The van der Waals surface area contributed by atoms with E-state index in [1.807, 2.05) is 36.4 Å².